The lowest BCUT2D eigenvalue weighted by atomic mass is 10.2. The average molecular weight is 474 g/mol. The van der Waals surface area contributed by atoms with Crippen molar-refractivity contribution in [3.05, 3.63) is 54.1 Å². The van der Waals surface area contributed by atoms with Crippen molar-refractivity contribution in [3.8, 4) is 16.2 Å². The van der Waals surface area contributed by atoms with Gasteiger partial charge in [0.05, 0.1) is 29.9 Å². The van der Waals surface area contributed by atoms with Crippen LogP contribution < -0.4 is 14.8 Å². The fourth-order valence-electron chi connectivity index (χ4n) is 2.40. The van der Waals surface area contributed by atoms with E-state index in [9.17, 15) is 4.79 Å². The van der Waals surface area contributed by atoms with Crippen LogP contribution in [0.2, 0.25) is 0 Å². The van der Waals surface area contributed by atoms with Crippen LogP contribution in [-0.2, 0) is 0 Å². The fraction of sp³-hybridized carbons (Fsp3) is 0.391. The standard InChI is InChI=1S/C21H25N5O2S2.C2H6/c1-4-15(26-30-18-6-7-18)9-16(22-3)11-24-20(27)21-25-13-19(29-21)14-8-17(28-5-2)12-23-10-14;1-2/h4,8-10,12-13,18,26H,1,5-7,11H2,2-3H3,(H,24,27);1-2H3/b15-9+,22-16?;. The van der Waals surface area contributed by atoms with Crippen LogP contribution in [0.1, 0.15) is 43.4 Å². The molecular weight excluding hydrogens is 442 g/mol. The van der Waals surface area contributed by atoms with Crippen molar-refractivity contribution in [2.75, 3.05) is 20.2 Å². The lowest BCUT2D eigenvalue weighted by Gasteiger charge is -2.07. The molecule has 0 bridgehead atoms. The average Bonchev–Trinajstić information content (AvgIpc) is 3.53. The molecule has 9 heteroatoms. The second-order valence-electron chi connectivity index (χ2n) is 6.49. The molecule has 2 heterocycles. The zero-order chi connectivity index (χ0) is 23.3. The zero-order valence-corrected chi connectivity index (χ0v) is 20.7. The van der Waals surface area contributed by atoms with Crippen LogP contribution in [0.15, 0.2) is 54.1 Å². The predicted octanol–water partition coefficient (Wildman–Crippen LogP) is 4.90. The summed E-state index contributed by atoms with van der Waals surface area (Å²) in [7, 11) is 1.70. The number of hydrogen-bond acceptors (Lipinski definition) is 8. The number of ether oxygens (including phenoxy) is 1. The molecule has 0 aliphatic heterocycles. The molecule has 1 saturated carbocycles. The number of carbonyl (C=O) groups is 1. The molecule has 0 atom stereocenters. The number of nitrogens with zero attached hydrogens (tertiary/aromatic N) is 3. The van der Waals surface area contributed by atoms with Gasteiger partial charge in [-0.25, -0.2) is 4.98 Å². The Hall–Kier alpha value is -2.65. The van der Waals surface area contributed by atoms with Gasteiger partial charge in [-0.1, -0.05) is 20.4 Å². The molecule has 1 amide bonds. The van der Waals surface area contributed by atoms with Gasteiger partial charge < -0.3 is 14.8 Å². The summed E-state index contributed by atoms with van der Waals surface area (Å²) in [6, 6.07) is 1.89. The van der Waals surface area contributed by atoms with Crippen LogP contribution in [0.4, 0.5) is 0 Å². The molecule has 3 rings (SSSR count). The van der Waals surface area contributed by atoms with E-state index in [1.54, 1.807) is 43.7 Å². The van der Waals surface area contributed by atoms with Crippen molar-refractivity contribution in [2.24, 2.45) is 4.99 Å². The van der Waals surface area contributed by atoms with Crippen molar-refractivity contribution in [2.45, 2.75) is 38.9 Å². The maximum atomic E-state index is 12.5. The second kappa shape index (κ2) is 13.7. The number of allylic oxidation sites excluding steroid dienone is 1. The van der Waals surface area contributed by atoms with Crippen molar-refractivity contribution in [1.29, 1.82) is 0 Å². The summed E-state index contributed by atoms with van der Waals surface area (Å²) in [4.78, 5) is 26.1. The molecule has 0 radical (unpaired) electrons. The highest BCUT2D eigenvalue weighted by atomic mass is 32.2. The summed E-state index contributed by atoms with van der Waals surface area (Å²) >= 11 is 3.01. The lowest BCUT2D eigenvalue weighted by Crippen LogP contribution is -2.29. The minimum atomic E-state index is -0.241. The second-order valence-corrected chi connectivity index (χ2v) is 8.63. The molecule has 32 heavy (non-hydrogen) atoms. The Morgan fingerprint density at radius 2 is 2.16 bits per heavy atom. The molecule has 2 aromatic heterocycles. The number of pyridine rings is 1. The summed E-state index contributed by atoms with van der Waals surface area (Å²) < 4.78 is 8.77. The third kappa shape index (κ3) is 8.12. The highest BCUT2D eigenvalue weighted by molar-refractivity contribution is 7.98. The van der Waals surface area contributed by atoms with Crippen LogP contribution >= 0.6 is 23.3 Å². The van der Waals surface area contributed by atoms with E-state index in [4.69, 9.17) is 4.74 Å². The number of amides is 1. The van der Waals surface area contributed by atoms with Crippen LogP contribution in [-0.4, -0.2) is 47.0 Å². The third-order valence-electron chi connectivity index (χ3n) is 4.14. The number of rotatable bonds is 11. The monoisotopic (exact) mass is 473 g/mol. The number of carbonyl (C=O) groups excluding carboxylic acids is 1. The molecule has 172 valence electrons. The van der Waals surface area contributed by atoms with Crippen LogP contribution in [0, 0.1) is 0 Å². The van der Waals surface area contributed by atoms with Crippen molar-refractivity contribution in [3.63, 3.8) is 0 Å². The Morgan fingerprint density at radius 1 is 1.38 bits per heavy atom. The molecule has 2 aromatic rings. The van der Waals surface area contributed by atoms with Crippen molar-refractivity contribution >= 4 is 34.9 Å². The maximum absolute atomic E-state index is 12.5. The SMILES string of the molecule is C=C/C(=C\C(CNC(=O)c1ncc(-c2cncc(OCC)c2)s1)=NC)NSC1CC1.CC. The van der Waals surface area contributed by atoms with Crippen molar-refractivity contribution in [1.82, 2.24) is 20.0 Å². The van der Waals surface area contributed by atoms with Crippen LogP contribution in [0.5, 0.6) is 5.75 Å². The normalized spacial score (nSPS) is 13.6. The molecule has 2 N–H and O–H groups in total. The summed E-state index contributed by atoms with van der Waals surface area (Å²) in [5.74, 6) is 0.451. The van der Waals surface area contributed by atoms with Gasteiger partial charge in [0.25, 0.3) is 5.91 Å². The lowest BCUT2D eigenvalue weighted by molar-refractivity contribution is 0.0959. The molecule has 0 aromatic carbocycles. The van der Waals surface area contributed by atoms with E-state index in [0.29, 0.717) is 29.2 Å². The molecule has 1 aliphatic rings. The highest BCUT2D eigenvalue weighted by Gasteiger charge is 2.22. The summed E-state index contributed by atoms with van der Waals surface area (Å²) in [6.45, 7) is 10.6. The zero-order valence-electron chi connectivity index (χ0n) is 19.1. The summed E-state index contributed by atoms with van der Waals surface area (Å²) in [5, 5.41) is 3.94. The Labute approximate surface area is 198 Å². The Balaban J connectivity index is 0.00000176. The number of aliphatic imine (C=N–C) groups is 1. The Morgan fingerprint density at radius 3 is 2.81 bits per heavy atom. The van der Waals surface area contributed by atoms with Gasteiger partial charge in [-0.3, -0.25) is 14.8 Å². The third-order valence-corrected chi connectivity index (χ3v) is 6.34. The van der Waals surface area contributed by atoms with Gasteiger partial charge in [-0.15, -0.1) is 11.3 Å². The van der Waals surface area contributed by atoms with Crippen LogP contribution in [0.3, 0.4) is 0 Å². The van der Waals surface area contributed by atoms with Crippen molar-refractivity contribution < 1.29 is 9.53 Å². The minimum Gasteiger partial charge on any atom is -0.492 e. The van der Waals surface area contributed by atoms with E-state index in [2.05, 4.69) is 31.6 Å². The van der Waals surface area contributed by atoms with E-state index in [-0.39, 0.29) is 5.91 Å². The van der Waals surface area contributed by atoms with E-state index in [1.807, 2.05) is 32.9 Å². The molecule has 0 spiro atoms. The largest absolute Gasteiger partial charge is 0.492 e. The summed E-state index contributed by atoms with van der Waals surface area (Å²) in [5.41, 5.74) is 2.48. The van der Waals surface area contributed by atoms with E-state index >= 15 is 0 Å². The molecule has 0 saturated heterocycles. The van der Waals surface area contributed by atoms with Gasteiger partial charge in [0.15, 0.2) is 5.01 Å². The predicted molar refractivity (Wildman–Crippen MR) is 136 cm³/mol. The van der Waals surface area contributed by atoms with Gasteiger partial charge in [0.2, 0.25) is 0 Å². The van der Waals surface area contributed by atoms with Gasteiger partial charge in [0.1, 0.15) is 5.75 Å². The van der Waals surface area contributed by atoms with E-state index in [0.717, 1.165) is 21.8 Å². The number of aromatic nitrogens is 2. The first kappa shape index (κ1) is 25.6. The van der Waals surface area contributed by atoms with Gasteiger partial charge in [-0.05, 0) is 49.9 Å². The maximum Gasteiger partial charge on any atom is 0.280 e. The Kier molecular flexibility index (Phi) is 11.0. The van der Waals surface area contributed by atoms with E-state index < -0.39 is 0 Å². The Bertz CT molecular complexity index is 951. The van der Waals surface area contributed by atoms with Gasteiger partial charge in [-0.2, -0.15) is 0 Å². The molecule has 1 fully saturated rings. The molecular formula is C23H31N5O2S2. The topological polar surface area (TPSA) is 88.5 Å². The van der Waals surface area contributed by atoms with Gasteiger partial charge >= 0.3 is 0 Å². The van der Waals surface area contributed by atoms with Gasteiger partial charge in [0, 0.05) is 36.0 Å². The number of nitrogens with one attached hydrogen (secondary N) is 2. The number of thiazole rings is 1. The molecule has 7 nitrogen and oxygen atoms in total. The highest BCUT2D eigenvalue weighted by Crippen LogP contribution is 2.32. The minimum absolute atomic E-state index is 0.241. The molecule has 0 unspecified atom stereocenters. The van der Waals surface area contributed by atoms with E-state index in [1.165, 1.54) is 24.2 Å². The summed E-state index contributed by atoms with van der Waals surface area (Å²) in [6.07, 6.45) is 11.2. The molecule has 1 aliphatic carbocycles. The first-order valence-electron chi connectivity index (χ1n) is 10.7. The quantitative estimate of drug-likeness (QED) is 0.274. The van der Waals surface area contributed by atoms with Crippen LogP contribution in [0.25, 0.3) is 10.4 Å². The first-order valence-corrected chi connectivity index (χ1v) is 12.4. The first-order chi connectivity index (χ1) is 15.6. The fourth-order valence-corrected chi connectivity index (χ4v) is 4.03. The number of hydrogen-bond donors (Lipinski definition) is 2. The smallest absolute Gasteiger partial charge is 0.280 e.